The van der Waals surface area contributed by atoms with Gasteiger partial charge in [0.25, 0.3) is 5.91 Å². The van der Waals surface area contributed by atoms with Crippen LogP contribution in [0.3, 0.4) is 0 Å². The maximum absolute atomic E-state index is 12.8. The zero-order valence-electron chi connectivity index (χ0n) is 15.1. The van der Waals surface area contributed by atoms with Gasteiger partial charge in [-0.1, -0.05) is 62.9 Å². The Morgan fingerprint density at radius 3 is 2.44 bits per heavy atom. The van der Waals surface area contributed by atoms with Gasteiger partial charge in [0.1, 0.15) is 0 Å². The fraction of sp³-hybridized carbons (Fsp3) is 0.619. The number of rotatable bonds is 5. The highest BCUT2D eigenvalue weighted by atomic mass is 16.5. The van der Waals surface area contributed by atoms with Gasteiger partial charge in [-0.25, -0.2) is 0 Å². The average molecular weight is 343 g/mol. The van der Waals surface area contributed by atoms with Crippen molar-refractivity contribution < 1.29 is 14.3 Å². The van der Waals surface area contributed by atoms with Gasteiger partial charge in [0.15, 0.2) is 6.61 Å². The van der Waals surface area contributed by atoms with E-state index in [4.69, 9.17) is 4.74 Å². The van der Waals surface area contributed by atoms with E-state index >= 15 is 0 Å². The van der Waals surface area contributed by atoms with Crippen LogP contribution in [0.5, 0.6) is 0 Å². The molecule has 2 aliphatic rings. The molecule has 0 radical (unpaired) electrons. The summed E-state index contributed by atoms with van der Waals surface area (Å²) in [5.41, 5.74) is 0.443. The van der Waals surface area contributed by atoms with E-state index in [1.54, 1.807) is 0 Å². The number of nitrogens with one attached hydrogen (secondary N) is 1. The lowest BCUT2D eigenvalue weighted by molar-refractivity contribution is -0.154. The van der Waals surface area contributed by atoms with Crippen LogP contribution in [0.1, 0.15) is 63.9 Å². The first-order valence-corrected chi connectivity index (χ1v) is 9.64. The molecule has 2 saturated carbocycles. The summed E-state index contributed by atoms with van der Waals surface area (Å²) in [6.07, 6.45) is 8.23. The molecule has 2 atom stereocenters. The zero-order chi connectivity index (χ0) is 17.7. The number of amides is 1. The van der Waals surface area contributed by atoms with Crippen molar-refractivity contribution in [1.29, 1.82) is 0 Å². The minimum absolute atomic E-state index is 0.170. The number of carbonyl (C=O) groups excluding carboxylic acids is 2. The molecule has 2 aliphatic carbocycles. The zero-order valence-corrected chi connectivity index (χ0v) is 15.1. The number of benzene rings is 1. The Kier molecular flexibility index (Phi) is 5.77. The first kappa shape index (κ1) is 18.0. The van der Waals surface area contributed by atoms with E-state index in [9.17, 15) is 9.59 Å². The van der Waals surface area contributed by atoms with Gasteiger partial charge < -0.3 is 10.1 Å². The first-order valence-electron chi connectivity index (χ1n) is 9.64. The molecule has 0 aromatic heterocycles. The Labute approximate surface area is 150 Å². The number of hydrogen-bond donors (Lipinski definition) is 1. The molecular weight excluding hydrogens is 314 g/mol. The fourth-order valence-electron chi connectivity index (χ4n) is 4.39. The van der Waals surface area contributed by atoms with Crippen molar-refractivity contribution in [1.82, 2.24) is 5.32 Å². The van der Waals surface area contributed by atoms with Crippen molar-refractivity contribution in [3.8, 4) is 0 Å². The third kappa shape index (κ3) is 4.05. The summed E-state index contributed by atoms with van der Waals surface area (Å²) in [5, 5.41) is 3.05. The third-order valence-electron chi connectivity index (χ3n) is 5.97. The second-order valence-corrected chi connectivity index (χ2v) is 7.67. The molecule has 0 saturated heterocycles. The van der Waals surface area contributed by atoms with Crippen molar-refractivity contribution in [2.75, 3.05) is 6.61 Å². The molecule has 1 N–H and O–H groups in total. The van der Waals surface area contributed by atoms with Gasteiger partial charge in [-0.05, 0) is 37.2 Å². The Morgan fingerprint density at radius 2 is 1.76 bits per heavy atom. The van der Waals surface area contributed by atoms with Crippen LogP contribution >= 0.6 is 0 Å². The Balaban J connectivity index is 1.58. The van der Waals surface area contributed by atoms with E-state index in [1.807, 2.05) is 30.3 Å². The Hall–Kier alpha value is -1.84. The SMILES string of the molecule is C[C@@H]1CCCC[C@H]1NC(=O)COC(=O)C1(c2ccccc2)CCCC1. The van der Waals surface area contributed by atoms with Crippen LogP contribution < -0.4 is 5.32 Å². The van der Waals surface area contributed by atoms with Crippen LogP contribution in [-0.2, 0) is 19.7 Å². The smallest absolute Gasteiger partial charge is 0.317 e. The molecule has 0 bridgehead atoms. The molecule has 25 heavy (non-hydrogen) atoms. The molecule has 0 heterocycles. The maximum Gasteiger partial charge on any atom is 0.317 e. The summed E-state index contributed by atoms with van der Waals surface area (Å²) < 4.78 is 5.47. The van der Waals surface area contributed by atoms with Gasteiger partial charge in [0, 0.05) is 6.04 Å². The van der Waals surface area contributed by atoms with Crippen LogP contribution in [0.15, 0.2) is 30.3 Å². The fourth-order valence-corrected chi connectivity index (χ4v) is 4.39. The predicted molar refractivity (Wildman–Crippen MR) is 97.1 cm³/mol. The van der Waals surface area contributed by atoms with Gasteiger partial charge in [-0.15, -0.1) is 0 Å². The standard InChI is InChI=1S/C21H29NO3/c1-16-9-5-6-12-18(16)22-19(23)15-25-20(24)21(13-7-8-14-21)17-10-3-2-4-11-17/h2-4,10-11,16,18H,5-9,12-15H2,1H3,(H,22,23)/t16-,18-/m1/s1. The van der Waals surface area contributed by atoms with E-state index in [1.165, 1.54) is 6.42 Å². The van der Waals surface area contributed by atoms with Gasteiger partial charge in [0.2, 0.25) is 0 Å². The van der Waals surface area contributed by atoms with Gasteiger partial charge in [-0.3, -0.25) is 9.59 Å². The van der Waals surface area contributed by atoms with Crippen LogP contribution in [-0.4, -0.2) is 24.5 Å². The van der Waals surface area contributed by atoms with Gasteiger partial charge in [0.05, 0.1) is 5.41 Å². The summed E-state index contributed by atoms with van der Waals surface area (Å²) in [6.45, 7) is 2.01. The van der Waals surface area contributed by atoms with Gasteiger partial charge >= 0.3 is 5.97 Å². The molecule has 3 rings (SSSR count). The molecule has 1 aromatic carbocycles. The molecule has 4 heteroatoms. The highest BCUT2D eigenvalue weighted by Crippen LogP contribution is 2.42. The van der Waals surface area contributed by atoms with Crippen molar-refractivity contribution in [3.05, 3.63) is 35.9 Å². The second-order valence-electron chi connectivity index (χ2n) is 7.67. The lowest BCUT2D eigenvalue weighted by atomic mass is 9.79. The molecular formula is C21H29NO3. The van der Waals surface area contributed by atoms with Crippen LogP contribution in [0, 0.1) is 5.92 Å². The molecule has 1 aromatic rings. The predicted octanol–water partition coefficient (Wildman–Crippen LogP) is 3.74. The number of ether oxygens (including phenoxy) is 1. The van der Waals surface area contributed by atoms with E-state index in [-0.39, 0.29) is 24.5 Å². The molecule has 0 spiro atoms. The Bertz CT molecular complexity index is 592. The minimum atomic E-state index is -0.570. The van der Waals surface area contributed by atoms with Crippen molar-refractivity contribution in [2.24, 2.45) is 5.92 Å². The van der Waals surface area contributed by atoms with Gasteiger partial charge in [-0.2, -0.15) is 0 Å². The van der Waals surface area contributed by atoms with E-state index < -0.39 is 5.41 Å². The summed E-state index contributed by atoms with van der Waals surface area (Å²) in [7, 11) is 0. The van der Waals surface area contributed by atoms with Crippen LogP contribution in [0.25, 0.3) is 0 Å². The minimum Gasteiger partial charge on any atom is -0.455 e. The quantitative estimate of drug-likeness (QED) is 0.829. The lowest BCUT2D eigenvalue weighted by Gasteiger charge is -2.30. The van der Waals surface area contributed by atoms with Crippen molar-refractivity contribution in [3.63, 3.8) is 0 Å². The Morgan fingerprint density at radius 1 is 1.08 bits per heavy atom. The summed E-state index contributed by atoms with van der Waals surface area (Å²) >= 11 is 0. The van der Waals surface area contributed by atoms with Crippen LogP contribution in [0.2, 0.25) is 0 Å². The number of esters is 1. The molecule has 136 valence electrons. The normalized spacial score (nSPS) is 25.3. The summed E-state index contributed by atoms with van der Waals surface area (Å²) in [4.78, 5) is 25.1. The summed E-state index contributed by atoms with van der Waals surface area (Å²) in [6, 6.07) is 10.1. The molecule has 0 unspecified atom stereocenters. The molecule has 1 amide bonds. The lowest BCUT2D eigenvalue weighted by Crippen LogP contribution is -2.44. The average Bonchev–Trinajstić information content (AvgIpc) is 3.13. The highest BCUT2D eigenvalue weighted by Gasteiger charge is 2.44. The number of hydrogen-bond acceptors (Lipinski definition) is 3. The van der Waals surface area contributed by atoms with Crippen LogP contribution in [0.4, 0.5) is 0 Å². The molecule has 4 nitrogen and oxygen atoms in total. The van der Waals surface area contributed by atoms with E-state index in [2.05, 4.69) is 12.2 Å². The van der Waals surface area contributed by atoms with Crippen molar-refractivity contribution >= 4 is 11.9 Å². The first-order chi connectivity index (χ1) is 12.1. The van der Waals surface area contributed by atoms with E-state index in [0.717, 1.165) is 50.5 Å². The third-order valence-corrected chi connectivity index (χ3v) is 5.97. The molecule has 2 fully saturated rings. The van der Waals surface area contributed by atoms with E-state index in [0.29, 0.717) is 5.92 Å². The highest BCUT2D eigenvalue weighted by molar-refractivity contribution is 5.86. The number of carbonyl (C=O) groups is 2. The largest absolute Gasteiger partial charge is 0.455 e. The summed E-state index contributed by atoms with van der Waals surface area (Å²) in [5.74, 6) is 0.0789. The maximum atomic E-state index is 12.8. The molecule has 0 aliphatic heterocycles. The second kappa shape index (κ2) is 8.03. The topological polar surface area (TPSA) is 55.4 Å². The monoisotopic (exact) mass is 343 g/mol. The van der Waals surface area contributed by atoms with Crippen molar-refractivity contribution in [2.45, 2.75) is 69.7 Å².